The quantitative estimate of drug-likeness (QED) is 0.637. The van der Waals surface area contributed by atoms with Gasteiger partial charge in [0.05, 0.1) is 0 Å². The molecule has 2 fully saturated rings. The van der Waals surface area contributed by atoms with E-state index in [4.69, 9.17) is 0 Å². The first-order valence-electron chi connectivity index (χ1n) is 6.21. The molecule has 0 aliphatic heterocycles. The molecule has 0 heterocycles. The van der Waals surface area contributed by atoms with Crippen LogP contribution in [0.3, 0.4) is 0 Å². The number of rotatable bonds is 2. The Balaban J connectivity index is 1.69. The second kappa shape index (κ2) is 5.72. The Morgan fingerprint density at radius 2 is 0.923 bits per heavy atom. The Morgan fingerprint density at radius 3 is 1.31 bits per heavy atom. The van der Waals surface area contributed by atoms with Crippen LogP contribution in [0.5, 0.6) is 0 Å². The average molecular weight is 374 g/mol. The fraction of sp³-hybridized carbons (Fsp3) is 1.00. The van der Waals surface area contributed by atoms with Crippen LogP contribution >= 0.6 is 0 Å². The van der Waals surface area contributed by atoms with E-state index in [2.05, 4.69) is 0 Å². The van der Waals surface area contributed by atoms with Crippen LogP contribution in [0.2, 0.25) is 6.95 Å². The predicted molar refractivity (Wildman–Crippen MR) is 59.4 cm³/mol. The van der Waals surface area contributed by atoms with Gasteiger partial charge in [0, 0.05) is 0 Å². The molecule has 2 radical (unpaired) electrons. The second-order valence-electron chi connectivity index (χ2n) is 4.84. The van der Waals surface area contributed by atoms with Gasteiger partial charge in [0.25, 0.3) is 0 Å². The zero-order valence-electron chi connectivity index (χ0n) is 8.73. The SMILES string of the molecule is C1CC[CH]([Pb][CH]2CCCCC2)CC1. The molecule has 0 unspecified atom stereocenters. The maximum absolute atomic E-state index is 1.64. The third-order valence-corrected chi connectivity index (χ3v) is 11.8. The van der Waals surface area contributed by atoms with Crippen LogP contribution in [-0.4, -0.2) is 24.2 Å². The molecule has 0 spiro atoms. The van der Waals surface area contributed by atoms with Crippen LogP contribution in [0.1, 0.15) is 64.2 Å². The van der Waals surface area contributed by atoms with Crippen LogP contribution in [0.4, 0.5) is 0 Å². The van der Waals surface area contributed by atoms with Crippen molar-refractivity contribution in [1.82, 2.24) is 0 Å². The molecule has 0 N–H and O–H groups in total. The van der Waals surface area contributed by atoms with Crippen molar-refractivity contribution >= 4 is 24.2 Å². The summed E-state index contributed by atoms with van der Waals surface area (Å²) in [5.74, 6) is 0. The van der Waals surface area contributed by atoms with Crippen LogP contribution in [0.15, 0.2) is 0 Å². The van der Waals surface area contributed by atoms with Gasteiger partial charge in [0.1, 0.15) is 0 Å². The van der Waals surface area contributed by atoms with E-state index in [9.17, 15) is 0 Å². The Morgan fingerprint density at radius 1 is 0.538 bits per heavy atom. The fourth-order valence-electron chi connectivity index (χ4n) is 2.87. The molecule has 0 amide bonds. The first kappa shape index (κ1) is 10.4. The van der Waals surface area contributed by atoms with Crippen LogP contribution < -0.4 is 0 Å². The Hall–Kier alpha value is 0.922. The van der Waals surface area contributed by atoms with Crippen molar-refractivity contribution in [3.8, 4) is 0 Å². The summed E-state index contributed by atoms with van der Waals surface area (Å²) in [6.07, 6.45) is 15.9. The van der Waals surface area contributed by atoms with Crippen molar-refractivity contribution in [2.75, 3.05) is 0 Å². The molecule has 0 bridgehead atoms. The van der Waals surface area contributed by atoms with Crippen LogP contribution in [-0.2, 0) is 0 Å². The molecule has 0 aromatic carbocycles. The minimum atomic E-state index is -0.186. The minimum absolute atomic E-state index is 0.186. The van der Waals surface area contributed by atoms with E-state index >= 15 is 0 Å². The summed E-state index contributed by atoms with van der Waals surface area (Å²) >= 11 is -0.186. The Labute approximate surface area is 95.1 Å². The molecule has 0 aromatic rings. The van der Waals surface area contributed by atoms with Gasteiger partial charge in [-0.05, 0) is 0 Å². The zero-order valence-corrected chi connectivity index (χ0v) is 12.6. The first-order chi connectivity index (χ1) is 6.45. The molecule has 0 aromatic heterocycles. The summed E-state index contributed by atoms with van der Waals surface area (Å²) < 4.78 is 2.63. The topological polar surface area (TPSA) is 0 Å². The third-order valence-electron chi connectivity index (χ3n) is 3.68. The summed E-state index contributed by atoms with van der Waals surface area (Å²) in [4.78, 5) is 0. The summed E-state index contributed by atoms with van der Waals surface area (Å²) in [5, 5.41) is 0. The van der Waals surface area contributed by atoms with Gasteiger partial charge < -0.3 is 0 Å². The van der Waals surface area contributed by atoms with E-state index in [-0.39, 0.29) is 24.2 Å². The Bertz CT molecular complexity index is 116. The van der Waals surface area contributed by atoms with E-state index < -0.39 is 0 Å². The maximum atomic E-state index is 1.64. The molecule has 0 nitrogen and oxygen atoms in total. The normalized spacial score (nSPS) is 27.7. The molecule has 2 saturated carbocycles. The predicted octanol–water partition coefficient (Wildman–Crippen LogP) is 4.20. The van der Waals surface area contributed by atoms with Crippen LogP contribution in [0.25, 0.3) is 0 Å². The van der Waals surface area contributed by atoms with Crippen molar-refractivity contribution in [2.24, 2.45) is 0 Å². The summed E-state index contributed by atoms with van der Waals surface area (Å²) in [6.45, 7) is 0. The molecule has 1 heteroatoms. The van der Waals surface area contributed by atoms with E-state index in [0.717, 1.165) is 0 Å². The van der Waals surface area contributed by atoms with Gasteiger partial charge in [0.15, 0.2) is 0 Å². The molecular weight excluding hydrogens is 351 g/mol. The molecule has 13 heavy (non-hydrogen) atoms. The van der Waals surface area contributed by atoms with Gasteiger partial charge in [-0.3, -0.25) is 0 Å². The van der Waals surface area contributed by atoms with Crippen molar-refractivity contribution in [3.63, 3.8) is 0 Å². The van der Waals surface area contributed by atoms with Gasteiger partial charge in [-0.1, -0.05) is 0 Å². The molecule has 0 saturated heterocycles. The molecule has 0 atom stereocenters. The Kier molecular flexibility index (Phi) is 4.59. The monoisotopic (exact) mass is 374 g/mol. The average Bonchev–Trinajstić information content (AvgIpc) is 2.21. The van der Waals surface area contributed by atoms with E-state index in [0.29, 0.717) is 0 Å². The molecular formula is C12H22Pb. The zero-order chi connectivity index (χ0) is 8.93. The molecule has 74 valence electrons. The molecule has 2 rings (SSSR count). The molecule has 2 aliphatic carbocycles. The molecule has 2 aliphatic rings. The van der Waals surface area contributed by atoms with Crippen molar-refractivity contribution < 1.29 is 0 Å². The van der Waals surface area contributed by atoms with Gasteiger partial charge in [-0.15, -0.1) is 0 Å². The van der Waals surface area contributed by atoms with Gasteiger partial charge in [-0.25, -0.2) is 0 Å². The fourth-order valence-corrected chi connectivity index (χ4v) is 11.2. The van der Waals surface area contributed by atoms with E-state index in [1.54, 1.807) is 64.2 Å². The van der Waals surface area contributed by atoms with Gasteiger partial charge >= 0.3 is 95.4 Å². The van der Waals surface area contributed by atoms with Crippen LogP contribution in [0, 0.1) is 0 Å². The van der Waals surface area contributed by atoms with Crippen molar-refractivity contribution in [1.29, 1.82) is 0 Å². The summed E-state index contributed by atoms with van der Waals surface area (Å²) in [5.41, 5.74) is 0. The van der Waals surface area contributed by atoms with Crippen molar-refractivity contribution in [2.45, 2.75) is 71.2 Å². The van der Waals surface area contributed by atoms with Gasteiger partial charge in [-0.2, -0.15) is 0 Å². The standard InChI is InChI=1S/2C6H11.Pb/c2*1-2-4-6-5-3-1;/h2*1H,2-6H2;. The van der Waals surface area contributed by atoms with Crippen molar-refractivity contribution in [3.05, 3.63) is 0 Å². The van der Waals surface area contributed by atoms with Gasteiger partial charge in [0.2, 0.25) is 0 Å². The summed E-state index contributed by atoms with van der Waals surface area (Å²) in [7, 11) is 0. The first-order valence-corrected chi connectivity index (χ1v) is 10.7. The third kappa shape index (κ3) is 3.52. The number of hydrogen-bond acceptors (Lipinski definition) is 0. The van der Waals surface area contributed by atoms with E-state index in [1.807, 2.05) is 0 Å². The second-order valence-corrected chi connectivity index (χ2v) is 12.5. The number of hydrogen-bond donors (Lipinski definition) is 0. The van der Waals surface area contributed by atoms with E-state index in [1.165, 1.54) is 6.95 Å². The summed E-state index contributed by atoms with van der Waals surface area (Å²) in [6, 6.07) is 0.